The predicted octanol–water partition coefficient (Wildman–Crippen LogP) is 2.02. The molecule has 96 valence electrons. The third-order valence-electron chi connectivity index (χ3n) is 2.19. The van der Waals surface area contributed by atoms with Crippen molar-refractivity contribution in [3.05, 3.63) is 36.1 Å². The van der Waals surface area contributed by atoms with Gasteiger partial charge in [-0.2, -0.15) is 0 Å². The fourth-order valence-corrected chi connectivity index (χ4v) is 1.03. The minimum absolute atomic E-state index is 0.235. The van der Waals surface area contributed by atoms with Crippen LogP contribution in [-0.2, 0) is 9.53 Å². The summed E-state index contributed by atoms with van der Waals surface area (Å²) in [6, 6.07) is 0. The molecule has 0 aliphatic rings. The number of likely N-dealkylation sites (N-methyl/N-ethyl adjacent to an activating group) is 1. The Labute approximate surface area is 100 Å². The van der Waals surface area contributed by atoms with Crippen molar-refractivity contribution in [1.29, 1.82) is 0 Å². The molecule has 0 aromatic heterocycles. The number of carbonyl (C=O) groups is 1. The number of carbonyl (C=O) groups excluding carboxylic acids is 1. The van der Waals surface area contributed by atoms with Gasteiger partial charge in [0.1, 0.15) is 6.29 Å². The van der Waals surface area contributed by atoms with Gasteiger partial charge < -0.3 is 9.64 Å². The van der Waals surface area contributed by atoms with Gasteiger partial charge >= 0.3 is 0 Å². The Morgan fingerprint density at radius 1 is 1.47 bits per heavy atom. The van der Waals surface area contributed by atoms with Crippen LogP contribution in [0, 0.1) is 0 Å². The molecule has 17 heavy (non-hydrogen) atoms. The van der Waals surface area contributed by atoms with Gasteiger partial charge in [0.25, 0.3) is 6.43 Å². The van der Waals surface area contributed by atoms with Crippen LogP contribution in [0.3, 0.4) is 0 Å². The highest BCUT2D eigenvalue weighted by Gasteiger charge is 2.15. The predicted molar refractivity (Wildman–Crippen MR) is 62.9 cm³/mol. The zero-order chi connectivity index (χ0) is 13.4. The van der Waals surface area contributed by atoms with E-state index in [1.165, 1.54) is 0 Å². The third-order valence-corrected chi connectivity index (χ3v) is 2.19. The second-order valence-electron chi connectivity index (χ2n) is 3.45. The Hall–Kier alpha value is -1.49. The van der Waals surface area contributed by atoms with E-state index in [0.29, 0.717) is 25.1 Å². The zero-order valence-corrected chi connectivity index (χ0v) is 10.1. The van der Waals surface area contributed by atoms with Crippen LogP contribution >= 0.6 is 0 Å². The summed E-state index contributed by atoms with van der Waals surface area (Å²) in [4.78, 5) is 12.1. The maximum Gasteiger partial charge on any atom is 0.264 e. The zero-order valence-electron chi connectivity index (χ0n) is 10.1. The van der Waals surface area contributed by atoms with Crippen molar-refractivity contribution in [1.82, 2.24) is 4.90 Å². The molecule has 0 fully saturated rings. The fraction of sp³-hybridized carbons (Fsp3) is 0.417. The smallest absolute Gasteiger partial charge is 0.264 e. The van der Waals surface area contributed by atoms with Gasteiger partial charge in [-0.15, -0.1) is 0 Å². The molecule has 0 unspecified atom stereocenters. The van der Waals surface area contributed by atoms with Crippen LogP contribution < -0.4 is 0 Å². The molecule has 0 aliphatic carbocycles. The van der Waals surface area contributed by atoms with Crippen LogP contribution in [0.4, 0.5) is 8.78 Å². The first-order valence-electron chi connectivity index (χ1n) is 4.97. The number of ether oxygens (including phenoxy) is 1. The first-order chi connectivity index (χ1) is 7.93. The van der Waals surface area contributed by atoms with E-state index in [0.717, 1.165) is 6.08 Å². The van der Waals surface area contributed by atoms with Gasteiger partial charge in [-0.25, -0.2) is 8.78 Å². The summed E-state index contributed by atoms with van der Waals surface area (Å²) in [5.41, 5.74) is -0.268. The number of methoxy groups -OCH3 is 1. The Morgan fingerprint density at radius 3 is 2.47 bits per heavy atom. The maximum atomic E-state index is 12.6. The van der Waals surface area contributed by atoms with Crippen molar-refractivity contribution < 1.29 is 18.3 Å². The number of hydrogen-bond acceptors (Lipinski definition) is 3. The highest BCUT2D eigenvalue weighted by Crippen LogP contribution is 2.18. The molecule has 0 spiro atoms. The molecule has 5 heteroatoms. The number of alkyl halides is 2. The molecule has 0 bridgehead atoms. The highest BCUT2D eigenvalue weighted by molar-refractivity contribution is 5.79. The van der Waals surface area contributed by atoms with Crippen molar-refractivity contribution in [3.8, 4) is 0 Å². The molecule has 0 rings (SSSR count). The molecular weight excluding hydrogens is 228 g/mol. The summed E-state index contributed by atoms with van der Waals surface area (Å²) in [7, 11) is 3.25. The van der Waals surface area contributed by atoms with E-state index in [1.807, 2.05) is 0 Å². The van der Waals surface area contributed by atoms with Gasteiger partial charge in [0.05, 0.1) is 6.61 Å². The summed E-state index contributed by atoms with van der Waals surface area (Å²) in [5, 5.41) is 0. The largest absolute Gasteiger partial charge is 0.383 e. The molecule has 0 aliphatic heterocycles. The fourth-order valence-electron chi connectivity index (χ4n) is 1.03. The van der Waals surface area contributed by atoms with E-state index >= 15 is 0 Å². The molecule has 0 saturated carbocycles. The topological polar surface area (TPSA) is 29.5 Å². The average Bonchev–Trinajstić information content (AvgIpc) is 2.31. The Morgan fingerprint density at radius 2 is 2.06 bits per heavy atom. The first-order valence-corrected chi connectivity index (χ1v) is 4.97. The lowest BCUT2D eigenvalue weighted by Gasteiger charge is -2.19. The molecule has 0 atom stereocenters. The number of hydrogen-bond donors (Lipinski definition) is 0. The number of rotatable bonds is 8. The van der Waals surface area contributed by atoms with E-state index in [4.69, 9.17) is 4.74 Å². The van der Waals surface area contributed by atoms with Gasteiger partial charge in [0.15, 0.2) is 0 Å². The summed E-state index contributed by atoms with van der Waals surface area (Å²) < 4.78 is 30.1. The van der Waals surface area contributed by atoms with Crippen LogP contribution in [0.25, 0.3) is 0 Å². The average molecular weight is 245 g/mol. The van der Waals surface area contributed by atoms with Crippen LogP contribution in [0.2, 0.25) is 0 Å². The lowest BCUT2D eigenvalue weighted by molar-refractivity contribution is -0.104. The minimum atomic E-state index is -2.75. The lowest BCUT2D eigenvalue weighted by Crippen LogP contribution is -2.21. The monoisotopic (exact) mass is 245 g/mol. The molecule has 0 N–H and O–H groups in total. The standard InChI is InChI=1S/C12H17F2NO2/c1-9(8-16)11(12(13)14)7-10(2)15(3)5-6-17-4/h7-8,12H,1-2,5-6H2,3-4H3/b11-7+. The van der Waals surface area contributed by atoms with Gasteiger partial charge in [-0.3, -0.25) is 4.79 Å². The number of nitrogens with zero attached hydrogens (tertiary/aromatic N) is 1. The highest BCUT2D eigenvalue weighted by atomic mass is 19.3. The number of halogens is 2. The Kier molecular flexibility index (Phi) is 7.05. The summed E-state index contributed by atoms with van der Waals surface area (Å²) in [5.74, 6) is 0. The van der Waals surface area contributed by atoms with Gasteiger partial charge in [-0.05, 0) is 6.08 Å². The summed E-state index contributed by atoms with van der Waals surface area (Å²) in [6.45, 7) is 7.90. The molecule has 0 heterocycles. The van der Waals surface area contributed by atoms with Gasteiger partial charge in [0, 0.05) is 37.5 Å². The van der Waals surface area contributed by atoms with E-state index in [-0.39, 0.29) is 5.57 Å². The Bertz CT molecular complexity index is 324. The number of aldehydes is 1. The van der Waals surface area contributed by atoms with Crippen molar-refractivity contribution in [2.75, 3.05) is 27.3 Å². The SMILES string of the molecule is C=C(C=O)/C(=C\C(=C)N(C)CCOC)C(F)F. The second kappa shape index (κ2) is 7.73. The van der Waals surface area contributed by atoms with Crippen molar-refractivity contribution in [2.45, 2.75) is 6.43 Å². The van der Waals surface area contributed by atoms with E-state index in [2.05, 4.69) is 13.2 Å². The van der Waals surface area contributed by atoms with Crippen molar-refractivity contribution in [3.63, 3.8) is 0 Å². The molecule has 0 aromatic carbocycles. The van der Waals surface area contributed by atoms with E-state index in [9.17, 15) is 13.6 Å². The van der Waals surface area contributed by atoms with Crippen molar-refractivity contribution in [2.24, 2.45) is 0 Å². The molecule has 0 saturated heterocycles. The quantitative estimate of drug-likeness (QED) is 0.372. The molecule has 0 radical (unpaired) electrons. The second-order valence-corrected chi connectivity index (χ2v) is 3.45. The van der Waals surface area contributed by atoms with Gasteiger partial charge in [-0.1, -0.05) is 13.2 Å². The minimum Gasteiger partial charge on any atom is -0.383 e. The van der Waals surface area contributed by atoms with E-state index in [1.54, 1.807) is 19.1 Å². The summed E-state index contributed by atoms with van der Waals surface area (Å²) in [6.07, 6.45) is -1.28. The van der Waals surface area contributed by atoms with Crippen LogP contribution in [0.5, 0.6) is 0 Å². The third kappa shape index (κ3) is 5.40. The molecule has 0 amide bonds. The molecule has 3 nitrogen and oxygen atoms in total. The molecular formula is C12H17F2NO2. The maximum absolute atomic E-state index is 12.6. The normalized spacial score (nSPS) is 11.5. The van der Waals surface area contributed by atoms with Crippen LogP contribution in [-0.4, -0.2) is 44.9 Å². The van der Waals surface area contributed by atoms with Crippen LogP contribution in [0.1, 0.15) is 0 Å². The Balaban J connectivity index is 4.76. The summed E-state index contributed by atoms with van der Waals surface area (Å²) >= 11 is 0. The van der Waals surface area contributed by atoms with Crippen molar-refractivity contribution >= 4 is 6.29 Å². The van der Waals surface area contributed by atoms with Gasteiger partial charge in [0.2, 0.25) is 0 Å². The van der Waals surface area contributed by atoms with Crippen LogP contribution in [0.15, 0.2) is 36.1 Å². The first kappa shape index (κ1) is 15.5. The lowest BCUT2D eigenvalue weighted by atomic mass is 10.1. The van der Waals surface area contributed by atoms with E-state index < -0.39 is 12.0 Å². The number of allylic oxidation sites excluding steroid dienone is 3. The molecule has 0 aromatic rings.